The highest BCUT2D eigenvalue weighted by Gasteiger charge is 2.29. The first-order valence-electron chi connectivity index (χ1n) is 15.8. The molecule has 4 aromatic rings. The summed E-state index contributed by atoms with van der Waals surface area (Å²) in [6, 6.07) is 10.3. The zero-order chi connectivity index (χ0) is 34.0. The second-order valence-electron chi connectivity index (χ2n) is 11.3. The van der Waals surface area contributed by atoms with Gasteiger partial charge in [-0.1, -0.05) is 11.2 Å². The third kappa shape index (κ3) is 7.91. The van der Waals surface area contributed by atoms with Crippen LogP contribution in [0.15, 0.2) is 58.1 Å². The van der Waals surface area contributed by atoms with Crippen LogP contribution in [0.25, 0.3) is 22.5 Å². The van der Waals surface area contributed by atoms with Crippen molar-refractivity contribution < 1.29 is 28.3 Å². The summed E-state index contributed by atoms with van der Waals surface area (Å²) in [5.41, 5.74) is 4.09. The number of fused-ring (bicyclic) bond motifs is 3. The number of aryl methyl sites for hydroxylation is 2. The minimum atomic E-state index is -0.397. The normalized spacial score (nSPS) is 13.4. The van der Waals surface area contributed by atoms with Crippen LogP contribution in [-0.2, 0) is 22.4 Å². The van der Waals surface area contributed by atoms with Gasteiger partial charge in [-0.05, 0) is 72.7 Å². The smallest absolute Gasteiger partial charge is 0.227 e. The van der Waals surface area contributed by atoms with E-state index in [4.69, 9.17) is 18.7 Å². The molecular weight excluding hydrogens is 616 g/mol. The molecule has 5 rings (SSSR count). The maximum Gasteiger partial charge on any atom is 0.227 e. The summed E-state index contributed by atoms with van der Waals surface area (Å²) in [5.74, 6) is 2.16. The van der Waals surface area contributed by atoms with Gasteiger partial charge >= 0.3 is 0 Å². The first-order valence-corrected chi connectivity index (χ1v) is 15.8. The van der Waals surface area contributed by atoms with Gasteiger partial charge in [0.25, 0.3) is 0 Å². The number of nitrogens with zero attached hydrogens (tertiary/aromatic N) is 3. The topological polar surface area (TPSA) is 167 Å². The molecule has 48 heavy (non-hydrogen) atoms. The lowest BCUT2D eigenvalue weighted by atomic mass is 9.95. The number of amides is 2. The van der Waals surface area contributed by atoms with E-state index < -0.39 is 6.04 Å². The van der Waals surface area contributed by atoms with E-state index in [-0.39, 0.29) is 17.2 Å². The van der Waals surface area contributed by atoms with E-state index in [2.05, 4.69) is 31.1 Å². The Morgan fingerprint density at radius 2 is 1.85 bits per heavy atom. The predicted octanol–water partition coefficient (Wildman–Crippen LogP) is 4.25. The Balaban J connectivity index is 1.22. The van der Waals surface area contributed by atoms with E-state index in [0.29, 0.717) is 91.8 Å². The highest BCUT2D eigenvalue weighted by molar-refractivity contribution is 5.84. The van der Waals surface area contributed by atoms with E-state index in [1.165, 1.54) is 6.92 Å². The van der Waals surface area contributed by atoms with E-state index in [0.717, 1.165) is 22.3 Å². The van der Waals surface area contributed by atoms with Gasteiger partial charge in [0, 0.05) is 56.4 Å². The number of ether oxygens (including phenoxy) is 3. The van der Waals surface area contributed by atoms with Crippen molar-refractivity contribution >= 4 is 17.5 Å². The van der Waals surface area contributed by atoms with Crippen molar-refractivity contribution in [2.45, 2.75) is 51.5 Å². The molecule has 0 fully saturated rings. The fourth-order valence-electron chi connectivity index (χ4n) is 5.85. The highest BCUT2D eigenvalue weighted by atomic mass is 16.5. The minimum absolute atomic E-state index is 0.0858. The number of methoxy groups -OCH3 is 3. The molecule has 1 aliphatic rings. The molecule has 3 N–H and O–H groups in total. The minimum Gasteiger partial charge on any atom is -0.493 e. The standard InChI is InChI=1S/C35H40N6O7/c1-21(42)39-26-13-11-22-18-29(45-2)33(46-3)34(47-4)32(22)24-12-14-27(28(43)19-25(24)26)37-16-6-9-30(44)38-17-7-10-31-40-35(41-48-31)23-8-5-15-36-20-23/h5,8,12,14-15,18-20,26H,6-7,9-11,13,16-17H2,1-4H3,(H,37,43)(H,38,44)(H,39,42)/t26-/m0/s1. The number of benzene rings is 1. The number of pyridine rings is 1. The molecule has 0 saturated carbocycles. The summed E-state index contributed by atoms with van der Waals surface area (Å²) < 4.78 is 22.4. The van der Waals surface area contributed by atoms with Crippen molar-refractivity contribution in [2.75, 3.05) is 39.7 Å². The monoisotopic (exact) mass is 656 g/mol. The fraction of sp³-hybridized carbons (Fsp3) is 0.371. The number of anilines is 1. The van der Waals surface area contributed by atoms with Crippen LogP contribution in [0.2, 0.25) is 0 Å². The fourth-order valence-corrected chi connectivity index (χ4v) is 5.85. The summed E-state index contributed by atoms with van der Waals surface area (Å²) >= 11 is 0. The van der Waals surface area contributed by atoms with Gasteiger partial charge in [-0.2, -0.15) is 4.98 Å². The average Bonchev–Trinajstić information content (AvgIpc) is 3.45. The molecule has 2 aromatic carbocycles. The van der Waals surface area contributed by atoms with Crippen molar-refractivity contribution in [1.82, 2.24) is 25.8 Å². The molecule has 2 aromatic heterocycles. The van der Waals surface area contributed by atoms with Crippen LogP contribution in [-0.4, -0.2) is 61.4 Å². The van der Waals surface area contributed by atoms with Gasteiger partial charge in [0.2, 0.25) is 34.7 Å². The number of aromatic nitrogens is 3. The van der Waals surface area contributed by atoms with Gasteiger partial charge in [-0.3, -0.25) is 19.4 Å². The van der Waals surface area contributed by atoms with Crippen LogP contribution in [0.5, 0.6) is 17.2 Å². The second-order valence-corrected chi connectivity index (χ2v) is 11.3. The number of carbonyl (C=O) groups excluding carboxylic acids is 2. The van der Waals surface area contributed by atoms with Gasteiger partial charge < -0.3 is 34.7 Å². The molecule has 2 heterocycles. The molecular formula is C35H40N6O7. The zero-order valence-corrected chi connectivity index (χ0v) is 27.6. The maximum atomic E-state index is 13.5. The Hall–Kier alpha value is -5.46. The molecule has 1 atom stereocenters. The number of hydrogen-bond donors (Lipinski definition) is 3. The summed E-state index contributed by atoms with van der Waals surface area (Å²) in [6.45, 7) is 2.34. The molecule has 2 amide bonds. The van der Waals surface area contributed by atoms with Gasteiger partial charge in [-0.15, -0.1) is 0 Å². The Kier molecular flexibility index (Phi) is 11.2. The quantitative estimate of drug-likeness (QED) is 0.166. The van der Waals surface area contributed by atoms with Crippen molar-refractivity contribution in [3.8, 4) is 39.8 Å². The van der Waals surface area contributed by atoms with Crippen LogP contribution in [0.3, 0.4) is 0 Å². The molecule has 0 unspecified atom stereocenters. The number of rotatable bonds is 14. The van der Waals surface area contributed by atoms with E-state index in [1.807, 2.05) is 18.2 Å². The van der Waals surface area contributed by atoms with Crippen molar-refractivity contribution in [1.29, 1.82) is 0 Å². The third-order valence-electron chi connectivity index (χ3n) is 8.09. The van der Waals surface area contributed by atoms with Crippen molar-refractivity contribution in [2.24, 2.45) is 0 Å². The molecule has 13 nitrogen and oxygen atoms in total. The predicted molar refractivity (Wildman–Crippen MR) is 179 cm³/mol. The van der Waals surface area contributed by atoms with Crippen LogP contribution in [0.4, 0.5) is 5.69 Å². The Morgan fingerprint density at radius 3 is 2.58 bits per heavy atom. The lowest BCUT2D eigenvalue weighted by molar-refractivity contribution is -0.121. The number of nitrogens with one attached hydrogen (secondary N) is 3. The number of hydrogen-bond acceptors (Lipinski definition) is 11. The van der Waals surface area contributed by atoms with E-state index in [9.17, 15) is 14.4 Å². The molecule has 0 spiro atoms. The SMILES string of the molecule is COc1cc2c(c(OC)c1OC)-c1ccc(NCCCC(=O)NCCCc3nc(-c4cccnc4)no3)c(=O)cc1[C@@H](NC(C)=O)CC2. The zero-order valence-electron chi connectivity index (χ0n) is 27.6. The molecule has 0 bridgehead atoms. The summed E-state index contributed by atoms with van der Waals surface area (Å²) in [6.07, 6.45) is 6.52. The third-order valence-corrected chi connectivity index (χ3v) is 8.09. The summed E-state index contributed by atoms with van der Waals surface area (Å²) in [4.78, 5) is 46.5. The molecule has 252 valence electrons. The molecule has 0 radical (unpaired) electrons. The van der Waals surface area contributed by atoms with Crippen LogP contribution >= 0.6 is 0 Å². The van der Waals surface area contributed by atoms with Gasteiger partial charge in [0.05, 0.1) is 33.1 Å². The largest absolute Gasteiger partial charge is 0.493 e. The molecule has 1 aliphatic carbocycles. The van der Waals surface area contributed by atoms with Crippen LogP contribution < -0.4 is 35.6 Å². The average molecular weight is 657 g/mol. The van der Waals surface area contributed by atoms with E-state index >= 15 is 0 Å². The lowest BCUT2D eigenvalue weighted by Gasteiger charge is -2.19. The van der Waals surface area contributed by atoms with Crippen molar-refractivity contribution in [3.05, 3.63) is 76.0 Å². The molecule has 0 saturated heterocycles. The first-order chi connectivity index (χ1) is 23.3. The van der Waals surface area contributed by atoms with Gasteiger partial charge in [0.1, 0.15) is 0 Å². The number of carbonyl (C=O) groups is 2. The Morgan fingerprint density at radius 1 is 1.02 bits per heavy atom. The van der Waals surface area contributed by atoms with Crippen LogP contribution in [0.1, 0.15) is 55.7 Å². The molecule has 0 aliphatic heterocycles. The van der Waals surface area contributed by atoms with Crippen molar-refractivity contribution in [3.63, 3.8) is 0 Å². The van der Waals surface area contributed by atoms with Crippen LogP contribution in [0, 0.1) is 0 Å². The summed E-state index contributed by atoms with van der Waals surface area (Å²) in [7, 11) is 4.67. The lowest BCUT2D eigenvalue weighted by Crippen LogP contribution is -2.26. The van der Waals surface area contributed by atoms with Gasteiger partial charge in [-0.25, -0.2) is 0 Å². The Bertz CT molecular complexity index is 1810. The highest BCUT2D eigenvalue weighted by Crippen LogP contribution is 2.50. The second kappa shape index (κ2) is 15.9. The van der Waals surface area contributed by atoms with E-state index in [1.54, 1.807) is 51.9 Å². The summed E-state index contributed by atoms with van der Waals surface area (Å²) in [5, 5.41) is 13.1. The maximum absolute atomic E-state index is 13.5. The molecule has 13 heteroatoms. The Labute approximate surface area is 278 Å². The first kappa shape index (κ1) is 33.9. The van der Waals surface area contributed by atoms with Gasteiger partial charge in [0.15, 0.2) is 11.5 Å².